The normalized spacial score (nSPS) is 16.7. The van der Waals surface area contributed by atoms with E-state index in [1.807, 2.05) is 12.1 Å². The van der Waals surface area contributed by atoms with Crippen LogP contribution < -0.4 is 14.8 Å². The van der Waals surface area contributed by atoms with Crippen molar-refractivity contribution in [1.29, 1.82) is 0 Å². The van der Waals surface area contributed by atoms with E-state index < -0.39 is 0 Å². The van der Waals surface area contributed by atoms with E-state index in [1.54, 1.807) is 14.2 Å². The molecule has 0 aromatic heterocycles. The number of nitrogens with zero attached hydrogens (tertiary/aromatic N) is 1. The first-order chi connectivity index (χ1) is 12.8. The highest BCUT2D eigenvalue weighted by molar-refractivity contribution is 5.46. The fourth-order valence-electron chi connectivity index (χ4n) is 3.70. The highest BCUT2D eigenvalue weighted by Crippen LogP contribution is 2.37. The molecule has 2 aromatic rings. The third-order valence-electron chi connectivity index (χ3n) is 5.17. The molecule has 1 heterocycles. The van der Waals surface area contributed by atoms with Crippen molar-refractivity contribution in [2.75, 3.05) is 40.4 Å². The summed E-state index contributed by atoms with van der Waals surface area (Å²) in [4.78, 5) is 2.55. The van der Waals surface area contributed by atoms with Gasteiger partial charge in [0.1, 0.15) is 11.5 Å². The molecule has 1 aliphatic heterocycles. The molecule has 0 radical (unpaired) electrons. The lowest BCUT2D eigenvalue weighted by molar-refractivity contribution is 0.235. The van der Waals surface area contributed by atoms with Crippen molar-refractivity contribution in [3.05, 3.63) is 59.2 Å². The average molecular weight is 354 g/mol. The molecule has 2 aromatic carbocycles. The van der Waals surface area contributed by atoms with E-state index in [2.05, 4.69) is 47.5 Å². The van der Waals surface area contributed by atoms with E-state index in [4.69, 9.17) is 9.47 Å². The van der Waals surface area contributed by atoms with Gasteiger partial charge >= 0.3 is 0 Å². The lowest BCUT2D eigenvalue weighted by Crippen LogP contribution is -2.33. The minimum absolute atomic E-state index is 0.158. The van der Waals surface area contributed by atoms with Crippen LogP contribution in [0.25, 0.3) is 0 Å². The Labute approximate surface area is 157 Å². The van der Waals surface area contributed by atoms with Gasteiger partial charge in [-0.15, -0.1) is 0 Å². The van der Waals surface area contributed by atoms with Crippen LogP contribution in [0.2, 0.25) is 0 Å². The summed E-state index contributed by atoms with van der Waals surface area (Å²) in [5.74, 6) is 1.77. The Kier molecular flexibility index (Phi) is 6.53. The summed E-state index contributed by atoms with van der Waals surface area (Å²) >= 11 is 0. The van der Waals surface area contributed by atoms with Crippen molar-refractivity contribution in [2.45, 2.75) is 25.8 Å². The van der Waals surface area contributed by atoms with Crippen molar-refractivity contribution in [1.82, 2.24) is 10.2 Å². The summed E-state index contributed by atoms with van der Waals surface area (Å²) < 4.78 is 11.2. The second-order valence-corrected chi connectivity index (χ2v) is 6.75. The number of ether oxygens (including phenoxy) is 2. The van der Waals surface area contributed by atoms with Crippen molar-refractivity contribution < 1.29 is 9.47 Å². The van der Waals surface area contributed by atoms with E-state index in [0.717, 1.165) is 56.1 Å². The quantitative estimate of drug-likeness (QED) is 0.858. The highest BCUT2D eigenvalue weighted by atomic mass is 16.5. The maximum absolute atomic E-state index is 5.72. The largest absolute Gasteiger partial charge is 0.497 e. The van der Waals surface area contributed by atoms with E-state index in [9.17, 15) is 0 Å². The van der Waals surface area contributed by atoms with E-state index >= 15 is 0 Å². The summed E-state index contributed by atoms with van der Waals surface area (Å²) in [7, 11) is 3.46. The molecule has 1 fully saturated rings. The number of aryl methyl sites for hydroxylation is 1. The first kappa shape index (κ1) is 18.7. The maximum Gasteiger partial charge on any atom is 0.124 e. The fraction of sp³-hybridized carbons (Fsp3) is 0.455. The van der Waals surface area contributed by atoms with Crippen LogP contribution >= 0.6 is 0 Å². The first-order valence-electron chi connectivity index (χ1n) is 9.52. The Morgan fingerprint density at radius 1 is 1.00 bits per heavy atom. The third kappa shape index (κ3) is 4.19. The monoisotopic (exact) mass is 354 g/mol. The molecule has 0 bridgehead atoms. The third-order valence-corrected chi connectivity index (χ3v) is 5.17. The molecule has 4 heteroatoms. The van der Waals surface area contributed by atoms with Crippen LogP contribution in [0.3, 0.4) is 0 Å². The molecule has 26 heavy (non-hydrogen) atoms. The minimum atomic E-state index is 0.158. The van der Waals surface area contributed by atoms with Crippen LogP contribution in [0.4, 0.5) is 0 Å². The zero-order valence-electron chi connectivity index (χ0n) is 16.1. The van der Waals surface area contributed by atoms with Crippen LogP contribution in [0, 0.1) is 0 Å². The van der Waals surface area contributed by atoms with Crippen molar-refractivity contribution in [2.24, 2.45) is 0 Å². The Morgan fingerprint density at radius 2 is 1.81 bits per heavy atom. The fourth-order valence-corrected chi connectivity index (χ4v) is 3.70. The molecule has 1 atom stereocenters. The lowest BCUT2D eigenvalue weighted by atomic mass is 9.94. The van der Waals surface area contributed by atoms with Crippen LogP contribution in [0.15, 0.2) is 42.5 Å². The molecule has 0 aliphatic carbocycles. The van der Waals surface area contributed by atoms with Gasteiger partial charge in [-0.05, 0) is 48.7 Å². The Morgan fingerprint density at radius 3 is 2.50 bits per heavy atom. The average Bonchev–Trinajstić information content (AvgIpc) is 2.98. The Bertz CT molecular complexity index is 692. The Balaban J connectivity index is 2.07. The summed E-state index contributed by atoms with van der Waals surface area (Å²) in [6.45, 7) is 6.36. The van der Waals surface area contributed by atoms with Crippen molar-refractivity contribution in [3.8, 4) is 11.5 Å². The van der Waals surface area contributed by atoms with Crippen LogP contribution in [0.1, 0.15) is 36.1 Å². The smallest absolute Gasteiger partial charge is 0.124 e. The zero-order chi connectivity index (χ0) is 18.4. The van der Waals surface area contributed by atoms with Crippen molar-refractivity contribution >= 4 is 0 Å². The second kappa shape index (κ2) is 9.06. The zero-order valence-corrected chi connectivity index (χ0v) is 16.1. The molecule has 1 N–H and O–H groups in total. The molecule has 1 unspecified atom stereocenters. The maximum atomic E-state index is 5.72. The Hall–Kier alpha value is -2.04. The first-order valence-corrected chi connectivity index (χ1v) is 9.52. The van der Waals surface area contributed by atoms with Gasteiger partial charge in [0.05, 0.1) is 20.3 Å². The van der Waals surface area contributed by atoms with Crippen LogP contribution in [-0.4, -0.2) is 45.3 Å². The SMILES string of the molecule is CCc1ccc(C(c2cc(OC)ccc2OC)N2CCCNCC2)cc1. The molecule has 1 saturated heterocycles. The molecule has 1 aliphatic rings. The van der Waals surface area contributed by atoms with Gasteiger partial charge in [-0.1, -0.05) is 31.2 Å². The molecule has 140 valence electrons. The number of rotatable bonds is 6. The summed E-state index contributed by atoms with van der Waals surface area (Å²) in [5, 5.41) is 3.51. The summed E-state index contributed by atoms with van der Waals surface area (Å²) in [5.41, 5.74) is 3.83. The molecule has 0 spiro atoms. The van der Waals surface area contributed by atoms with E-state index in [0.29, 0.717) is 0 Å². The molecular weight excluding hydrogens is 324 g/mol. The van der Waals surface area contributed by atoms with Crippen molar-refractivity contribution in [3.63, 3.8) is 0 Å². The lowest BCUT2D eigenvalue weighted by Gasteiger charge is -2.32. The van der Waals surface area contributed by atoms with Crippen LogP contribution in [0.5, 0.6) is 11.5 Å². The predicted octanol–water partition coefficient (Wildman–Crippen LogP) is 3.65. The molecule has 3 rings (SSSR count). The van der Waals surface area contributed by atoms with Gasteiger partial charge in [-0.2, -0.15) is 0 Å². The number of hydrogen-bond donors (Lipinski definition) is 1. The summed E-state index contributed by atoms with van der Waals surface area (Å²) in [6, 6.07) is 15.3. The van der Waals surface area contributed by atoms with Gasteiger partial charge in [-0.25, -0.2) is 0 Å². The number of hydrogen-bond acceptors (Lipinski definition) is 4. The van der Waals surface area contributed by atoms with Gasteiger partial charge in [0.25, 0.3) is 0 Å². The highest BCUT2D eigenvalue weighted by Gasteiger charge is 2.26. The minimum Gasteiger partial charge on any atom is -0.497 e. The van der Waals surface area contributed by atoms with Gasteiger partial charge in [0.2, 0.25) is 0 Å². The molecule has 0 saturated carbocycles. The number of methoxy groups -OCH3 is 2. The van der Waals surface area contributed by atoms with Gasteiger partial charge in [-0.3, -0.25) is 4.90 Å². The molecular formula is C22H30N2O2. The van der Waals surface area contributed by atoms with Gasteiger partial charge in [0, 0.05) is 25.2 Å². The van der Waals surface area contributed by atoms with Gasteiger partial charge < -0.3 is 14.8 Å². The number of nitrogens with one attached hydrogen (secondary N) is 1. The van der Waals surface area contributed by atoms with Gasteiger partial charge in [0.15, 0.2) is 0 Å². The topological polar surface area (TPSA) is 33.7 Å². The standard InChI is InChI=1S/C22H30N2O2/c1-4-17-6-8-18(9-7-17)22(24-14-5-12-23-13-15-24)20-16-19(25-2)10-11-21(20)26-3/h6-11,16,22-23H,4-5,12-15H2,1-3H3. The van der Waals surface area contributed by atoms with E-state index in [-0.39, 0.29) is 6.04 Å². The second-order valence-electron chi connectivity index (χ2n) is 6.75. The molecule has 4 nitrogen and oxygen atoms in total. The van der Waals surface area contributed by atoms with E-state index in [1.165, 1.54) is 11.1 Å². The number of benzene rings is 2. The summed E-state index contributed by atoms with van der Waals surface area (Å²) in [6.07, 6.45) is 2.21. The molecule has 0 amide bonds. The predicted molar refractivity (Wildman–Crippen MR) is 106 cm³/mol. The van der Waals surface area contributed by atoms with Crippen LogP contribution in [-0.2, 0) is 6.42 Å².